The maximum atomic E-state index is 14.1. The fourth-order valence-electron chi connectivity index (χ4n) is 2.15. The van der Waals surface area contributed by atoms with Crippen LogP contribution in [0.2, 0.25) is 0 Å². The molecule has 0 amide bonds. The first-order chi connectivity index (χ1) is 9.56. The zero-order chi connectivity index (χ0) is 14.7. The van der Waals surface area contributed by atoms with Gasteiger partial charge in [-0.3, -0.25) is 0 Å². The quantitative estimate of drug-likeness (QED) is 0.802. The van der Waals surface area contributed by atoms with E-state index in [9.17, 15) is 4.39 Å². The van der Waals surface area contributed by atoms with Crippen LogP contribution >= 0.6 is 31.9 Å². The number of methoxy groups -OCH3 is 1. The average Bonchev–Trinajstić information content (AvgIpc) is 2.44. The first kappa shape index (κ1) is 15.5. The third kappa shape index (κ3) is 3.22. The molecule has 0 fully saturated rings. The second kappa shape index (κ2) is 6.70. The zero-order valence-electron chi connectivity index (χ0n) is 11.1. The van der Waals surface area contributed by atoms with Gasteiger partial charge in [-0.25, -0.2) is 4.39 Å². The van der Waals surface area contributed by atoms with E-state index in [0.29, 0.717) is 11.3 Å². The van der Waals surface area contributed by atoms with Crippen LogP contribution in [0.15, 0.2) is 45.3 Å². The van der Waals surface area contributed by atoms with Gasteiger partial charge < -0.3 is 10.1 Å². The summed E-state index contributed by atoms with van der Waals surface area (Å²) in [5.74, 6) is 0.460. The summed E-state index contributed by atoms with van der Waals surface area (Å²) in [5, 5.41) is 3.14. The van der Waals surface area contributed by atoms with Crippen LogP contribution in [0, 0.1) is 5.82 Å². The Morgan fingerprint density at radius 3 is 2.25 bits per heavy atom. The van der Waals surface area contributed by atoms with Gasteiger partial charge in [0, 0.05) is 20.1 Å². The lowest BCUT2D eigenvalue weighted by Gasteiger charge is -2.21. The summed E-state index contributed by atoms with van der Waals surface area (Å²) in [6, 6.07) is 10.3. The summed E-state index contributed by atoms with van der Waals surface area (Å²) in [4.78, 5) is 0. The molecule has 0 heterocycles. The highest BCUT2D eigenvalue weighted by Gasteiger charge is 2.20. The zero-order valence-corrected chi connectivity index (χ0v) is 14.3. The van der Waals surface area contributed by atoms with Gasteiger partial charge in [0.05, 0.1) is 13.2 Å². The van der Waals surface area contributed by atoms with Gasteiger partial charge in [-0.05, 0) is 43.4 Å². The molecule has 1 unspecified atom stereocenters. The van der Waals surface area contributed by atoms with Crippen LogP contribution in [0.1, 0.15) is 17.2 Å². The van der Waals surface area contributed by atoms with Crippen LogP contribution in [-0.2, 0) is 0 Å². The SMILES string of the molecule is CNC(c1cc(Br)ccc1F)c1cc(Br)ccc1OC. The largest absolute Gasteiger partial charge is 0.496 e. The van der Waals surface area contributed by atoms with Crippen molar-refractivity contribution in [1.82, 2.24) is 5.32 Å². The molecule has 0 bridgehead atoms. The topological polar surface area (TPSA) is 21.3 Å². The standard InChI is InChI=1S/C15H14Br2FNO/c1-19-15(11-7-9(16)3-5-13(11)18)12-8-10(17)4-6-14(12)20-2/h3-8,15,19H,1-2H3. The molecule has 0 aliphatic heterocycles. The van der Waals surface area contributed by atoms with E-state index < -0.39 is 0 Å². The normalized spacial score (nSPS) is 12.2. The fraction of sp³-hybridized carbons (Fsp3) is 0.200. The van der Waals surface area contributed by atoms with E-state index in [1.807, 2.05) is 18.2 Å². The van der Waals surface area contributed by atoms with Gasteiger partial charge in [0.2, 0.25) is 0 Å². The molecule has 0 saturated carbocycles. The molecule has 2 aromatic rings. The molecular formula is C15H14Br2FNO. The maximum absolute atomic E-state index is 14.1. The van der Waals surface area contributed by atoms with Gasteiger partial charge in [-0.1, -0.05) is 31.9 Å². The van der Waals surface area contributed by atoms with E-state index in [-0.39, 0.29) is 11.9 Å². The van der Waals surface area contributed by atoms with Crippen LogP contribution < -0.4 is 10.1 Å². The van der Waals surface area contributed by atoms with E-state index in [2.05, 4.69) is 37.2 Å². The molecule has 0 aliphatic carbocycles. The second-order valence-electron chi connectivity index (χ2n) is 4.27. The molecule has 1 atom stereocenters. The second-order valence-corrected chi connectivity index (χ2v) is 6.11. The molecule has 0 aromatic heterocycles. The van der Waals surface area contributed by atoms with Crippen molar-refractivity contribution in [3.05, 3.63) is 62.3 Å². The molecular weight excluding hydrogens is 389 g/mol. The predicted molar refractivity (Wildman–Crippen MR) is 85.7 cm³/mol. The van der Waals surface area contributed by atoms with Crippen molar-refractivity contribution in [2.45, 2.75) is 6.04 Å². The molecule has 0 saturated heterocycles. The Bertz CT molecular complexity index is 619. The summed E-state index contributed by atoms with van der Waals surface area (Å²) in [7, 11) is 3.40. The third-order valence-corrected chi connectivity index (χ3v) is 4.05. The van der Waals surface area contributed by atoms with Crippen molar-refractivity contribution in [2.24, 2.45) is 0 Å². The number of benzene rings is 2. The van der Waals surface area contributed by atoms with E-state index in [1.54, 1.807) is 26.3 Å². The van der Waals surface area contributed by atoms with Gasteiger partial charge in [0.1, 0.15) is 11.6 Å². The van der Waals surface area contributed by atoms with Crippen molar-refractivity contribution >= 4 is 31.9 Å². The van der Waals surface area contributed by atoms with Crippen LogP contribution in [-0.4, -0.2) is 14.2 Å². The Morgan fingerprint density at radius 1 is 1.05 bits per heavy atom. The molecule has 1 N–H and O–H groups in total. The van der Waals surface area contributed by atoms with Gasteiger partial charge in [0.25, 0.3) is 0 Å². The van der Waals surface area contributed by atoms with Crippen LogP contribution in [0.25, 0.3) is 0 Å². The van der Waals surface area contributed by atoms with Crippen LogP contribution in [0.3, 0.4) is 0 Å². The predicted octanol–water partition coefficient (Wildman–Crippen LogP) is 4.67. The van der Waals surface area contributed by atoms with Crippen molar-refractivity contribution in [1.29, 1.82) is 0 Å². The summed E-state index contributed by atoms with van der Waals surface area (Å²) in [6.45, 7) is 0. The lowest BCUT2D eigenvalue weighted by Crippen LogP contribution is -2.19. The Hall–Kier alpha value is -0.910. The number of hydrogen-bond acceptors (Lipinski definition) is 2. The summed E-state index contributed by atoms with van der Waals surface area (Å²) in [6.07, 6.45) is 0. The van der Waals surface area contributed by atoms with Crippen molar-refractivity contribution in [3.63, 3.8) is 0 Å². The Morgan fingerprint density at radius 2 is 1.65 bits per heavy atom. The molecule has 0 spiro atoms. The molecule has 0 radical (unpaired) electrons. The van der Waals surface area contributed by atoms with Crippen LogP contribution in [0.4, 0.5) is 4.39 Å². The number of halogens is 3. The Balaban J connectivity index is 2.57. The molecule has 20 heavy (non-hydrogen) atoms. The minimum Gasteiger partial charge on any atom is -0.496 e. The molecule has 2 rings (SSSR count). The summed E-state index contributed by atoms with van der Waals surface area (Å²) < 4.78 is 21.3. The average molecular weight is 403 g/mol. The number of nitrogens with one attached hydrogen (secondary N) is 1. The first-order valence-electron chi connectivity index (χ1n) is 6.02. The van der Waals surface area contributed by atoms with Crippen LogP contribution in [0.5, 0.6) is 5.75 Å². The minimum absolute atomic E-state index is 0.255. The molecule has 2 nitrogen and oxygen atoms in total. The lowest BCUT2D eigenvalue weighted by atomic mass is 9.97. The smallest absolute Gasteiger partial charge is 0.128 e. The maximum Gasteiger partial charge on any atom is 0.128 e. The summed E-state index contributed by atoms with van der Waals surface area (Å²) in [5.41, 5.74) is 1.44. The number of ether oxygens (including phenoxy) is 1. The highest BCUT2D eigenvalue weighted by atomic mass is 79.9. The first-order valence-corrected chi connectivity index (χ1v) is 7.61. The monoisotopic (exact) mass is 401 g/mol. The molecule has 2 aromatic carbocycles. The number of hydrogen-bond donors (Lipinski definition) is 1. The van der Waals surface area contributed by atoms with E-state index in [1.165, 1.54) is 6.07 Å². The van der Waals surface area contributed by atoms with E-state index >= 15 is 0 Å². The molecule has 0 aliphatic rings. The van der Waals surface area contributed by atoms with Gasteiger partial charge in [-0.15, -0.1) is 0 Å². The third-order valence-electron chi connectivity index (χ3n) is 3.06. The van der Waals surface area contributed by atoms with E-state index in [0.717, 1.165) is 14.5 Å². The van der Waals surface area contributed by atoms with Crippen molar-refractivity contribution in [3.8, 4) is 5.75 Å². The van der Waals surface area contributed by atoms with Gasteiger partial charge in [-0.2, -0.15) is 0 Å². The lowest BCUT2D eigenvalue weighted by molar-refractivity contribution is 0.404. The summed E-state index contributed by atoms with van der Waals surface area (Å²) >= 11 is 6.82. The van der Waals surface area contributed by atoms with Gasteiger partial charge >= 0.3 is 0 Å². The van der Waals surface area contributed by atoms with Gasteiger partial charge in [0.15, 0.2) is 0 Å². The molecule has 5 heteroatoms. The Labute approximate surface area is 134 Å². The fourth-order valence-corrected chi connectivity index (χ4v) is 2.90. The minimum atomic E-state index is -0.292. The van der Waals surface area contributed by atoms with E-state index in [4.69, 9.17) is 4.74 Å². The number of rotatable bonds is 4. The van der Waals surface area contributed by atoms with Crippen molar-refractivity contribution in [2.75, 3.05) is 14.2 Å². The highest BCUT2D eigenvalue weighted by molar-refractivity contribution is 9.10. The highest BCUT2D eigenvalue weighted by Crippen LogP contribution is 2.34. The molecule has 106 valence electrons. The Kier molecular flexibility index (Phi) is 5.18. The van der Waals surface area contributed by atoms with Crippen molar-refractivity contribution < 1.29 is 9.13 Å².